The molecule has 0 aliphatic heterocycles. The van der Waals surface area contributed by atoms with Crippen LogP contribution >= 0.6 is 0 Å². The van der Waals surface area contributed by atoms with Crippen molar-refractivity contribution in [2.45, 2.75) is 23.2 Å². The first kappa shape index (κ1) is 17.6. The molecule has 0 saturated heterocycles. The molecule has 0 spiro atoms. The van der Waals surface area contributed by atoms with Crippen LogP contribution in [-0.4, -0.2) is 37.9 Å². The maximum Gasteiger partial charge on any atom is 0.226 e. The highest BCUT2D eigenvalue weighted by Gasteiger charge is 2.39. The third kappa shape index (κ3) is 3.30. The molecule has 6 nitrogen and oxygen atoms in total. The Kier molecular flexibility index (Phi) is 4.39. The van der Waals surface area contributed by atoms with Crippen molar-refractivity contribution in [1.82, 2.24) is 9.97 Å². The van der Waals surface area contributed by atoms with Crippen LogP contribution in [0.3, 0.4) is 0 Å². The molecule has 0 atom stereocenters. The normalized spacial score (nSPS) is 14.1. The lowest BCUT2D eigenvalue weighted by Gasteiger charge is -2.06. The van der Waals surface area contributed by atoms with Gasteiger partial charge in [0.1, 0.15) is 11.5 Å². The summed E-state index contributed by atoms with van der Waals surface area (Å²) in [6.07, 6.45) is 1.39. The van der Waals surface area contributed by atoms with Crippen LogP contribution < -0.4 is 9.47 Å². The fourth-order valence-corrected chi connectivity index (χ4v) is 4.48. The number of rotatable bonds is 6. The van der Waals surface area contributed by atoms with Crippen molar-refractivity contribution in [2.24, 2.45) is 0 Å². The van der Waals surface area contributed by atoms with Gasteiger partial charge in [-0.15, -0.1) is 0 Å². The first-order chi connectivity index (χ1) is 13.0. The molecule has 4 rings (SSSR count). The summed E-state index contributed by atoms with van der Waals surface area (Å²) in [5.41, 5.74) is 2.92. The molecule has 1 heterocycles. The Morgan fingerprint density at radius 2 is 1.41 bits per heavy atom. The molecule has 27 heavy (non-hydrogen) atoms. The van der Waals surface area contributed by atoms with Crippen molar-refractivity contribution in [3.05, 3.63) is 48.5 Å². The van der Waals surface area contributed by atoms with E-state index in [0.29, 0.717) is 24.2 Å². The van der Waals surface area contributed by atoms with E-state index in [2.05, 4.69) is 9.97 Å². The third-order valence-corrected chi connectivity index (χ3v) is 6.74. The van der Waals surface area contributed by atoms with Crippen molar-refractivity contribution in [1.29, 1.82) is 0 Å². The zero-order valence-corrected chi connectivity index (χ0v) is 15.9. The molecule has 1 N–H and O–H groups in total. The average Bonchev–Trinajstić information content (AvgIpc) is 3.47. The smallest absolute Gasteiger partial charge is 0.226 e. The van der Waals surface area contributed by atoms with Gasteiger partial charge in [-0.1, -0.05) is 0 Å². The number of ether oxygens (including phenoxy) is 2. The van der Waals surface area contributed by atoms with E-state index in [0.717, 1.165) is 22.6 Å². The largest absolute Gasteiger partial charge is 0.497 e. The molecule has 0 amide bonds. The highest BCUT2D eigenvalue weighted by atomic mass is 32.2. The van der Waals surface area contributed by atoms with E-state index in [9.17, 15) is 8.42 Å². The summed E-state index contributed by atoms with van der Waals surface area (Å²) in [7, 11) is -0.216. The highest BCUT2D eigenvalue weighted by molar-refractivity contribution is 7.92. The fraction of sp³-hybridized carbons (Fsp3) is 0.250. The minimum absolute atomic E-state index is 0.0293. The summed E-state index contributed by atoms with van der Waals surface area (Å²) in [6.45, 7) is 0. The first-order valence-electron chi connectivity index (χ1n) is 8.65. The molecular formula is C20H20N2O4S. The van der Waals surface area contributed by atoms with Gasteiger partial charge in [0, 0.05) is 11.1 Å². The average molecular weight is 384 g/mol. The van der Waals surface area contributed by atoms with E-state index in [1.165, 1.54) is 0 Å². The lowest BCUT2D eigenvalue weighted by molar-refractivity contribution is 0.414. The van der Waals surface area contributed by atoms with Gasteiger partial charge in [0.15, 0.2) is 0 Å². The number of aromatic amines is 1. The number of imidazole rings is 1. The lowest BCUT2D eigenvalue weighted by Crippen LogP contribution is -2.08. The number of methoxy groups -OCH3 is 2. The SMILES string of the molecule is COc1ccc(-c2nc(S(=O)(=O)C3CC3)[nH]c2-c2ccc(OC)cc2)cc1. The summed E-state index contributed by atoms with van der Waals surface area (Å²) in [5.74, 6) is 1.46. The van der Waals surface area contributed by atoms with E-state index in [-0.39, 0.29) is 10.4 Å². The van der Waals surface area contributed by atoms with E-state index >= 15 is 0 Å². The van der Waals surface area contributed by atoms with Crippen LogP contribution in [-0.2, 0) is 9.84 Å². The Bertz CT molecular complexity index is 985. The molecule has 1 aliphatic rings. The number of nitrogens with one attached hydrogen (secondary N) is 1. The molecule has 2 aromatic carbocycles. The van der Waals surface area contributed by atoms with Crippen LogP contribution in [0.15, 0.2) is 53.7 Å². The molecule has 0 unspecified atom stereocenters. The van der Waals surface area contributed by atoms with Gasteiger partial charge in [0.2, 0.25) is 15.0 Å². The number of hydrogen-bond donors (Lipinski definition) is 1. The minimum Gasteiger partial charge on any atom is -0.497 e. The molecule has 1 fully saturated rings. The highest BCUT2D eigenvalue weighted by Crippen LogP contribution is 2.37. The molecule has 0 radical (unpaired) electrons. The van der Waals surface area contributed by atoms with Gasteiger partial charge < -0.3 is 14.5 Å². The van der Waals surface area contributed by atoms with Crippen LogP contribution in [0.2, 0.25) is 0 Å². The maximum atomic E-state index is 12.7. The second-order valence-electron chi connectivity index (χ2n) is 6.47. The minimum atomic E-state index is -3.43. The number of H-pyrrole nitrogens is 1. The van der Waals surface area contributed by atoms with Crippen LogP contribution in [0.5, 0.6) is 11.5 Å². The fourth-order valence-electron chi connectivity index (χ4n) is 2.95. The van der Waals surface area contributed by atoms with Crippen molar-refractivity contribution in [3.8, 4) is 34.0 Å². The molecule has 1 aromatic heterocycles. The van der Waals surface area contributed by atoms with Crippen LogP contribution in [0.4, 0.5) is 0 Å². The molecule has 1 saturated carbocycles. The van der Waals surface area contributed by atoms with Crippen LogP contribution in [0.25, 0.3) is 22.5 Å². The van der Waals surface area contributed by atoms with Crippen molar-refractivity contribution < 1.29 is 17.9 Å². The predicted octanol–water partition coefficient (Wildman–Crippen LogP) is 3.70. The van der Waals surface area contributed by atoms with Crippen molar-refractivity contribution >= 4 is 9.84 Å². The molecule has 140 valence electrons. The van der Waals surface area contributed by atoms with E-state index in [4.69, 9.17) is 9.47 Å². The molecule has 3 aromatic rings. The number of aromatic nitrogens is 2. The number of sulfone groups is 1. The Balaban J connectivity index is 1.84. The predicted molar refractivity (Wildman–Crippen MR) is 103 cm³/mol. The number of hydrogen-bond acceptors (Lipinski definition) is 5. The van der Waals surface area contributed by atoms with Gasteiger partial charge in [-0.05, 0) is 61.4 Å². The number of nitrogens with zero attached hydrogens (tertiary/aromatic N) is 1. The van der Waals surface area contributed by atoms with Gasteiger partial charge in [0.05, 0.1) is 30.9 Å². The Morgan fingerprint density at radius 3 is 1.89 bits per heavy atom. The van der Waals surface area contributed by atoms with Gasteiger partial charge in [-0.25, -0.2) is 13.4 Å². The van der Waals surface area contributed by atoms with Crippen molar-refractivity contribution in [3.63, 3.8) is 0 Å². The lowest BCUT2D eigenvalue weighted by atomic mass is 10.0. The zero-order chi connectivity index (χ0) is 19.0. The van der Waals surface area contributed by atoms with Gasteiger partial charge in [-0.3, -0.25) is 0 Å². The summed E-state index contributed by atoms with van der Waals surface area (Å²) in [4.78, 5) is 7.53. The summed E-state index contributed by atoms with van der Waals surface area (Å²) in [6, 6.07) is 14.8. The summed E-state index contributed by atoms with van der Waals surface area (Å²) >= 11 is 0. The molecule has 7 heteroatoms. The van der Waals surface area contributed by atoms with Crippen LogP contribution in [0.1, 0.15) is 12.8 Å². The molecule has 1 aliphatic carbocycles. The standard InChI is InChI=1S/C20H20N2O4S/c1-25-15-7-3-13(4-8-15)18-19(14-5-9-16(26-2)10-6-14)22-20(21-18)27(23,24)17-11-12-17/h3-10,17H,11-12H2,1-2H3,(H,21,22). The van der Waals surface area contributed by atoms with Crippen LogP contribution in [0, 0.1) is 0 Å². The van der Waals surface area contributed by atoms with Gasteiger partial charge >= 0.3 is 0 Å². The van der Waals surface area contributed by atoms with E-state index in [1.54, 1.807) is 14.2 Å². The van der Waals surface area contributed by atoms with E-state index < -0.39 is 9.84 Å². The second kappa shape index (κ2) is 6.74. The van der Waals surface area contributed by atoms with Gasteiger partial charge in [0.25, 0.3) is 0 Å². The molecule has 0 bridgehead atoms. The first-order valence-corrected chi connectivity index (χ1v) is 10.2. The third-order valence-electron chi connectivity index (χ3n) is 4.66. The summed E-state index contributed by atoms with van der Waals surface area (Å²) < 4.78 is 35.8. The Hall–Kier alpha value is -2.80. The molecular weight excluding hydrogens is 364 g/mol. The topological polar surface area (TPSA) is 81.3 Å². The Morgan fingerprint density at radius 1 is 0.889 bits per heavy atom. The monoisotopic (exact) mass is 384 g/mol. The quantitative estimate of drug-likeness (QED) is 0.701. The Labute approximate surface area is 158 Å². The number of benzene rings is 2. The second-order valence-corrected chi connectivity index (χ2v) is 8.61. The van der Waals surface area contributed by atoms with Crippen molar-refractivity contribution in [2.75, 3.05) is 14.2 Å². The maximum absolute atomic E-state index is 12.7. The summed E-state index contributed by atoms with van der Waals surface area (Å²) in [5, 5.41) is -0.294. The zero-order valence-electron chi connectivity index (χ0n) is 15.1. The van der Waals surface area contributed by atoms with Gasteiger partial charge in [-0.2, -0.15) is 0 Å². The van der Waals surface area contributed by atoms with E-state index in [1.807, 2.05) is 48.5 Å².